The Labute approximate surface area is 112 Å². The quantitative estimate of drug-likeness (QED) is 0.807. The highest BCUT2D eigenvalue weighted by Gasteiger charge is 2.35. The number of aliphatic hydroxyl groups excluding tert-OH is 1. The number of hydrogen-bond donors (Lipinski definition) is 2. The van der Waals surface area contributed by atoms with Gasteiger partial charge in [-0.2, -0.15) is 0 Å². The molecule has 1 aromatic heterocycles. The van der Waals surface area contributed by atoms with Crippen molar-refractivity contribution in [2.45, 2.75) is 19.1 Å². The largest absolute Gasteiger partial charge is 0.389 e. The number of piperazine rings is 1. The van der Waals surface area contributed by atoms with Crippen LogP contribution < -0.4 is 10.2 Å². The van der Waals surface area contributed by atoms with Gasteiger partial charge in [-0.05, 0) is 18.6 Å². The lowest BCUT2D eigenvalue weighted by Gasteiger charge is -2.37. The standard InChI is InChI=1S/C13H18N4O2/c1-9(18)10-2-3-12(14-6-10)16-4-5-17-11(8-16)7-15-13(17)19/h2-3,6,9,11,18H,4-5,7-8H2,1H3,(H,15,19). The van der Waals surface area contributed by atoms with Crippen molar-refractivity contribution in [3.63, 3.8) is 0 Å². The molecule has 3 heterocycles. The zero-order chi connectivity index (χ0) is 13.4. The molecule has 2 fully saturated rings. The number of pyridine rings is 1. The van der Waals surface area contributed by atoms with Gasteiger partial charge >= 0.3 is 6.03 Å². The van der Waals surface area contributed by atoms with Gasteiger partial charge < -0.3 is 20.2 Å². The Bertz CT molecular complexity index is 474. The zero-order valence-corrected chi connectivity index (χ0v) is 10.9. The molecule has 0 saturated carbocycles. The van der Waals surface area contributed by atoms with Gasteiger partial charge in [-0.25, -0.2) is 9.78 Å². The highest BCUT2D eigenvalue weighted by molar-refractivity contribution is 5.77. The average molecular weight is 262 g/mol. The van der Waals surface area contributed by atoms with Crippen LogP contribution >= 0.6 is 0 Å². The fourth-order valence-corrected chi connectivity index (χ4v) is 2.64. The molecule has 2 N–H and O–H groups in total. The molecule has 102 valence electrons. The highest BCUT2D eigenvalue weighted by atomic mass is 16.3. The predicted molar refractivity (Wildman–Crippen MR) is 71.0 cm³/mol. The Balaban J connectivity index is 1.71. The molecule has 2 saturated heterocycles. The number of rotatable bonds is 2. The number of nitrogens with one attached hydrogen (secondary N) is 1. The molecule has 2 unspecified atom stereocenters. The fraction of sp³-hybridized carbons (Fsp3) is 0.538. The molecule has 3 rings (SSSR count). The predicted octanol–water partition coefficient (Wildman–Crippen LogP) is 0.349. The van der Waals surface area contributed by atoms with Gasteiger partial charge in [0.25, 0.3) is 0 Å². The van der Waals surface area contributed by atoms with E-state index in [2.05, 4.69) is 15.2 Å². The smallest absolute Gasteiger partial charge is 0.317 e. The molecule has 0 aromatic carbocycles. The van der Waals surface area contributed by atoms with Crippen molar-refractivity contribution in [3.05, 3.63) is 23.9 Å². The average Bonchev–Trinajstić information content (AvgIpc) is 2.80. The number of urea groups is 1. The molecule has 2 amide bonds. The summed E-state index contributed by atoms with van der Waals surface area (Å²) < 4.78 is 0. The van der Waals surface area contributed by atoms with E-state index in [1.54, 1.807) is 13.1 Å². The van der Waals surface area contributed by atoms with Crippen LogP contribution in [0.3, 0.4) is 0 Å². The summed E-state index contributed by atoms with van der Waals surface area (Å²) in [6.07, 6.45) is 1.22. The molecular weight excluding hydrogens is 244 g/mol. The molecule has 6 nitrogen and oxygen atoms in total. The molecular formula is C13H18N4O2. The fourth-order valence-electron chi connectivity index (χ4n) is 2.64. The molecule has 0 aliphatic carbocycles. The van der Waals surface area contributed by atoms with Gasteiger partial charge in [0.2, 0.25) is 0 Å². The first-order chi connectivity index (χ1) is 9.15. The molecule has 2 aliphatic rings. The number of anilines is 1. The first-order valence-corrected chi connectivity index (χ1v) is 6.58. The van der Waals surface area contributed by atoms with Gasteiger partial charge in [0.05, 0.1) is 12.1 Å². The zero-order valence-electron chi connectivity index (χ0n) is 10.9. The van der Waals surface area contributed by atoms with Crippen LogP contribution in [-0.2, 0) is 0 Å². The summed E-state index contributed by atoms with van der Waals surface area (Å²) in [6.45, 7) is 4.77. The third-order valence-corrected chi connectivity index (χ3v) is 3.81. The van der Waals surface area contributed by atoms with Crippen molar-refractivity contribution in [3.8, 4) is 0 Å². The Hall–Kier alpha value is -1.82. The van der Waals surface area contributed by atoms with Crippen molar-refractivity contribution in [1.82, 2.24) is 15.2 Å². The minimum atomic E-state index is -0.491. The van der Waals surface area contributed by atoms with Crippen LogP contribution in [0.25, 0.3) is 0 Å². The van der Waals surface area contributed by atoms with E-state index in [9.17, 15) is 9.90 Å². The van der Waals surface area contributed by atoms with E-state index in [1.165, 1.54) is 0 Å². The summed E-state index contributed by atoms with van der Waals surface area (Å²) in [4.78, 5) is 20.0. The molecule has 2 atom stereocenters. The minimum absolute atomic E-state index is 0.0436. The Morgan fingerprint density at radius 2 is 2.32 bits per heavy atom. The number of aromatic nitrogens is 1. The number of nitrogens with zero attached hydrogens (tertiary/aromatic N) is 3. The molecule has 2 aliphatic heterocycles. The molecule has 19 heavy (non-hydrogen) atoms. The first kappa shape index (κ1) is 12.2. The SMILES string of the molecule is CC(O)c1ccc(N2CCN3C(=O)NCC3C2)nc1. The van der Waals surface area contributed by atoms with E-state index in [0.29, 0.717) is 6.54 Å². The molecule has 1 aromatic rings. The Morgan fingerprint density at radius 1 is 1.47 bits per heavy atom. The second kappa shape index (κ2) is 4.70. The summed E-state index contributed by atoms with van der Waals surface area (Å²) in [5.74, 6) is 0.906. The number of hydrogen-bond acceptors (Lipinski definition) is 4. The monoisotopic (exact) mass is 262 g/mol. The number of carbonyl (C=O) groups is 1. The van der Waals surface area contributed by atoms with Crippen molar-refractivity contribution in [1.29, 1.82) is 0 Å². The number of aliphatic hydroxyl groups is 1. The van der Waals surface area contributed by atoms with Gasteiger partial charge in [0, 0.05) is 32.4 Å². The van der Waals surface area contributed by atoms with Crippen LogP contribution in [0.5, 0.6) is 0 Å². The Morgan fingerprint density at radius 3 is 3.00 bits per heavy atom. The summed E-state index contributed by atoms with van der Waals surface area (Å²) in [5.41, 5.74) is 0.820. The van der Waals surface area contributed by atoms with Crippen LogP contribution in [0.2, 0.25) is 0 Å². The molecule has 6 heteroatoms. The maximum absolute atomic E-state index is 11.5. The highest BCUT2D eigenvalue weighted by Crippen LogP contribution is 2.21. The summed E-state index contributed by atoms with van der Waals surface area (Å²) in [6, 6.07) is 4.11. The van der Waals surface area contributed by atoms with E-state index in [1.807, 2.05) is 17.0 Å². The normalized spacial score (nSPS) is 24.1. The van der Waals surface area contributed by atoms with Crippen molar-refractivity contribution >= 4 is 11.8 Å². The van der Waals surface area contributed by atoms with Crippen molar-refractivity contribution < 1.29 is 9.90 Å². The molecule has 0 bridgehead atoms. The van der Waals surface area contributed by atoms with Gasteiger partial charge in [-0.1, -0.05) is 6.07 Å². The van der Waals surface area contributed by atoms with Gasteiger partial charge in [0.1, 0.15) is 5.82 Å². The van der Waals surface area contributed by atoms with Crippen LogP contribution in [0, 0.1) is 0 Å². The van der Waals surface area contributed by atoms with Gasteiger partial charge in [0.15, 0.2) is 0 Å². The van der Waals surface area contributed by atoms with Crippen LogP contribution in [0.4, 0.5) is 10.6 Å². The lowest BCUT2D eigenvalue weighted by molar-refractivity contribution is 0.196. The van der Waals surface area contributed by atoms with E-state index < -0.39 is 6.10 Å². The van der Waals surface area contributed by atoms with E-state index in [-0.39, 0.29) is 12.1 Å². The van der Waals surface area contributed by atoms with Crippen LogP contribution in [-0.4, -0.2) is 53.2 Å². The molecule has 0 radical (unpaired) electrons. The first-order valence-electron chi connectivity index (χ1n) is 6.58. The van der Waals surface area contributed by atoms with Crippen molar-refractivity contribution in [2.24, 2.45) is 0 Å². The van der Waals surface area contributed by atoms with Crippen LogP contribution in [0.1, 0.15) is 18.6 Å². The lowest BCUT2D eigenvalue weighted by atomic mass is 10.1. The maximum atomic E-state index is 11.5. The van der Waals surface area contributed by atoms with E-state index in [0.717, 1.165) is 31.0 Å². The van der Waals surface area contributed by atoms with Crippen LogP contribution in [0.15, 0.2) is 18.3 Å². The van der Waals surface area contributed by atoms with E-state index in [4.69, 9.17) is 0 Å². The third kappa shape index (κ3) is 2.23. The van der Waals surface area contributed by atoms with E-state index >= 15 is 0 Å². The lowest BCUT2D eigenvalue weighted by Crippen LogP contribution is -2.52. The third-order valence-electron chi connectivity index (χ3n) is 3.81. The summed E-state index contributed by atoms with van der Waals surface area (Å²) in [5, 5.41) is 12.3. The minimum Gasteiger partial charge on any atom is -0.389 e. The topological polar surface area (TPSA) is 68.7 Å². The maximum Gasteiger partial charge on any atom is 0.317 e. The second-order valence-corrected chi connectivity index (χ2v) is 5.10. The van der Waals surface area contributed by atoms with Gasteiger partial charge in [-0.3, -0.25) is 0 Å². The number of amides is 2. The number of fused-ring (bicyclic) bond motifs is 1. The van der Waals surface area contributed by atoms with Crippen molar-refractivity contribution in [2.75, 3.05) is 31.1 Å². The number of carbonyl (C=O) groups excluding carboxylic acids is 1. The van der Waals surface area contributed by atoms with Gasteiger partial charge in [-0.15, -0.1) is 0 Å². The summed E-state index contributed by atoms with van der Waals surface area (Å²) >= 11 is 0. The second-order valence-electron chi connectivity index (χ2n) is 5.10. The molecule has 0 spiro atoms. The summed E-state index contributed by atoms with van der Waals surface area (Å²) in [7, 11) is 0. The Kier molecular flexibility index (Phi) is 3.02.